The fourth-order valence-electron chi connectivity index (χ4n) is 4.30. The number of hydrogen-bond acceptors (Lipinski definition) is 4. The average molecular weight is 580 g/mol. The molecule has 4 rings (SSSR count). The highest BCUT2D eigenvalue weighted by molar-refractivity contribution is 9.10. The number of amides is 1. The number of carboxylic acids is 1. The number of carboxylic acid groups (broad SMARTS) is 1. The van der Waals surface area contributed by atoms with Crippen LogP contribution in [0.4, 0.5) is 19.0 Å². The van der Waals surface area contributed by atoms with E-state index in [4.69, 9.17) is 14.9 Å². The van der Waals surface area contributed by atoms with Crippen molar-refractivity contribution in [1.82, 2.24) is 10.3 Å². The Morgan fingerprint density at radius 2 is 1.65 bits per heavy atom. The lowest BCUT2D eigenvalue weighted by Gasteiger charge is -2.29. The summed E-state index contributed by atoms with van der Waals surface area (Å²) in [6.07, 6.45) is -1.30. The molecular weight excluding hydrogens is 551 g/mol. The van der Waals surface area contributed by atoms with Gasteiger partial charge in [-0.3, -0.25) is 4.79 Å². The Labute approximate surface area is 221 Å². The number of halogens is 4. The van der Waals surface area contributed by atoms with Crippen molar-refractivity contribution in [2.75, 3.05) is 5.32 Å². The lowest BCUT2D eigenvalue weighted by atomic mass is 9.85. The first kappa shape index (κ1) is 28.4. The Bertz CT molecular complexity index is 1230. The Balaban J connectivity index is 0.000000479. The van der Waals surface area contributed by atoms with Crippen molar-refractivity contribution in [2.24, 2.45) is 5.92 Å². The maximum absolute atomic E-state index is 12.8. The van der Waals surface area contributed by atoms with E-state index >= 15 is 0 Å². The molecule has 0 spiro atoms. The molecule has 0 radical (unpaired) electrons. The highest BCUT2D eigenvalue weighted by Crippen LogP contribution is 2.28. The normalized spacial score (nSPS) is 18.3. The molecule has 1 saturated carbocycles. The quantitative estimate of drug-likeness (QED) is 0.309. The third-order valence-electron chi connectivity index (χ3n) is 6.34. The van der Waals surface area contributed by atoms with Crippen LogP contribution in [0.15, 0.2) is 59.1 Å². The maximum Gasteiger partial charge on any atom is 0.490 e. The van der Waals surface area contributed by atoms with Crippen LogP contribution < -0.4 is 10.6 Å². The Morgan fingerprint density at radius 3 is 2.24 bits per heavy atom. The molecule has 0 unspecified atom stereocenters. The van der Waals surface area contributed by atoms with E-state index in [2.05, 4.69) is 63.8 Å². The van der Waals surface area contributed by atoms with Gasteiger partial charge in [-0.1, -0.05) is 46.3 Å². The van der Waals surface area contributed by atoms with Crippen molar-refractivity contribution in [3.8, 4) is 0 Å². The fourth-order valence-corrected chi connectivity index (χ4v) is 4.56. The van der Waals surface area contributed by atoms with Gasteiger partial charge in [-0.15, -0.1) is 0 Å². The first-order chi connectivity index (χ1) is 17.4. The minimum absolute atomic E-state index is 0.0197. The van der Waals surface area contributed by atoms with E-state index in [0.29, 0.717) is 6.04 Å². The predicted octanol–water partition coefficient (Wildman–Crippen LogP) is 6.79. The lowest BCUT2D eigenvalue weighted by Crippen LogP contribution is -2.37. The van der Waals surface area contributed by atoms with Gasteiger partial charge in [0.15, 0.2) is 0 Å². The highest BCUT2D eigenvalue weighted by atomic mass is 79.9. The van der Waals surface area contributed by atoms with Crippen LogP contribution in [0, 0.1) is 12.8 Å². The van der Waals surface area contributed by atoms with Crippen LogP contribution in [0.5, 0.6) is 0 Å². The summed E-state index contributed by atoms with van der Waals surface area (Å²) in [5, 5.41) is 15.1. The van der Waals surface area contributed by atoms with Gasteiger partial charge >= 0.3 is 12.1 Å². The lowest BCUT2D eigenvalue weighted by molar-refractivity contribution is -0.192. The molecule has 1 aliphatic carbocycles. The standard InChI is InChI=1S/C25H28BrN3O.C2HF3O2/c1-16-15-24(29-23-6-4-3-5-22(16)23)28-21-13-9-19(10-14-21)25(30)27-17(2)18-7-11-20(26)12-8-18;3-2(4,5)1(6)7/h3-8,11-12,15,17,19,21H,9-10,13-14H2,1-2H3,(H,27,30)(H,28,29);(H,6,7)/t17-,19-,21+;/m1./s1. The second-order valence-electron chi connectivity index (χ2n) is 9.12. The monoisotopic (exact) mass is 579 g/mol. The van der Waals surface area contributed by atoms with E-state index in [9.17, 15) is 18.0 Å². The van der Waals surface area contributed by atoms with Crippen LogP contribution in [0.25, 0.3) is 10.9 Å². The molecular formula is C27H29BrF3N3O3. The zero-order valence-corrected chi connectivity index (χ0v) is 22.1. The topological polar surface area (TPSA) is 91.3 Å². The smallest absolute Gasteiger partial charge is 0.475 e. The number of carbonyl (C=O) groups excluding carboxylic acids is 1. The number of carbonyl (C=O) groups is 2. The zero-order valence-electron chi connectivity index (χ0n) is 20.5. The molecule has 1 fully saturated rings. The van der Waals surface area contributed by atoms with Gasteiger partial charge in [0, 0.05) is 21.8 Å². The van der Waals surface area contributed by atoms with Crippen molar-refractivity contribution in [2.45, 2.75) is 57.8 Å². The number of aryl methyl sites for hydroxylation is 1. The summed E-state index contributed by atoms with van der Waals surface area (Å²) in [6, 6.07) is 18.9. The molecule has 6 nitrogen and oxygen atoms in total. The summed E-state index contributed by atoms with van der Waals surface area (Å²) < 4.78 is 32.8. The number of para-hydroxylation sites is 1. The minimum Gasteiger partial charge on any atom is -0.475 e. The Hall–Kier alpha value is -3.14. The second-order valence-corrected chi connectivity index (χ2v) is 10.0. The first-order valence-electron chi connectivity index (χ1n) is 11.9. The summed E-state index contributed by atoms with van der Waals surface area (Å²) >= 11 is 3.46. The molecule has 37 heavy (non-hydrogen) atoms. The van der Waals surface area contributed by atoms with Gasteiger partial charge in [0.1, 0.15) is 5.82 Å². The molecule has 1 amide bonds. The number of benzene rings is 2. The summed E-state index contributed by atoms with van der Waals surface area (Å²) in [5.41, 5.74) is 3.38. The van der Waals surface area contributed by atoms with Crippen molar-refractivity contribution >= 4 is 44.5 Å². The molecule has 198 valence electrons. The number of fused-ring (bicyclic) bond motifs is 1. The molecule has 0 saturated heterocycles. The van der Waals surface area contributed by atoms with E-state index in [0.717, 1.165) is 47.1 Å². The van der Waals surface area contributed by atoms with Gasteiger partial charge in [-0.25, -0.2) is 9.78 Å². The number of anilines is 1. The zero-order chi connectivity index (χ0) is 27.2. The largest absolute Gasteiger partial charge is 0.490 e. The molecule has 2 aromatic carbocycles. The number of alkyl halides is 3. The summed E-state index contributed by atoms with van der Waals surface area (Å²) in [5.74, 6) is -1.56. The SMILES string of the molecule is Cc1cc(N[C@H]2CC[C@@H](C(=O)N[C@H](C)c3ccc(Br)cc3)CC2)nc2ccccc12.O=C(O)C(F)(F)F. The highest BCUT2D eigenvalue weighted by Gasteiger charge is 2.38. The van der Waals surface area contributed by atoms with E-state index in [1.54, 1.807) is 0 Å². The Morgan fingerprint density at radius 1 is 1.05 bits per heavy atom. The molecule has 0 bridgehead atoms. The minimum atomic E-state index is -5.08. The van der Waals surface area contributed by atoms with Crippen molar-refractivity contribution in [3.63, 3.8) is 0 Å². The maximum atomic E-state index is 12.8. The number of nitrogens with zero attached hydrogens (tertiary/aromatic N) is 1. The number of rotatable bonds is 5. The molecule has 10 heteroatoms. The third-order valence-corrected chi connectivity index (χ3v) is 6.87. The molecule has 3 N–H and O–H groups in total. The van der Waals surface area contributed by atoms with Crippen LogP contribution in [0.2, 0.25) is 0 Å². The average Bonchev–Trinajstić information content (AvgIpc) is 2.84. The molecule has 1 aliphatic rings. The third kappa shape index (κ3) is 8.18. The van der Waals surface area contributed by atoms with Crippen LogP contribution in [-0.4, -0.2) is 34.2 Å². The van der Waals surface area contributed by atoms with Gasteiger partial charge in [0.25, 0.3) is 0 Å². The Kier molecular flexibility index (Phi) is 9.53. The fraction of sp³-hybridized carbons (Fsp3) is 0.370. The van der Waals surface area contributed by atoms with Gasteiger partial charge in [0.2, 0.25) is 5.91 Å². The molecule has 1 aromatic heterocycles. The summed E-state index contributed by atoms with van der Waals surface area (Å²) in [4.78, 5) is 26.4. The van der Waals surface area contributed by atoms with E-state index in [1.807, 2.05) is 31.2 Å². The van der Waals surface area contributed by atoms with Gasteiger partial charge in [-0.05, 0) is 74.9 Å². The molecule has 1 heterocycles. The summed E-state index contributed by atoms with van der Waals surface area (Å²) in [7, 11) is 0. The number of aromatic nitrogens is 1. The first-order valence-corrected chi connectivity index (χ1v) is 12.7. The van der Waals surface area contributed by atoms with Crippen LogP contribution in [0.3, 0.4) is 0 Å². The molecule has 0 aliphatic heterocycles. The van der Waals surface area contributed by atoms with Crippen LogP contribution in [-0.2, 0) is 9.59 Å². The van der Waals surface area contributed by atoms with Crippen molar-refractivity contribution in [1.29, 1.82) is 0 Å². The van der Waals surface area contributed by atoms with E-state index < -0.39 is 12.1 Å². The number of hydrogen-bond donors (Lipinski definition) is 3. The van der Waals surface area contributed by atoms with E-state index in [-0.39, 0.29) is 17.9 Å². The van der Waals surface area contributed by atoms with Crippen molar-refractivity contribution < 1.29 is 27.9 Å². The van der Waals surface area contributed by atoms with Crippen molar-refractivity contribution in [3.05, 3.63) is 70.2 Å². The van der Waals surface area contributed by atoms with Gasteiger partial charge in [-0.2, -0.15) is 13.2 Å². The van der Waals surface area contributed by atoms with Crippen LogP contribution in [0.1, 0.15) is 49.8 Å². The number of nitrogens with one attached hydrogen (secondary N) is 2. The number of aliphatic carboxylic acids is 1. The summed E-state index contributed by atoms with van der Waals surface area (Å²) in [6.45, 7) is 4.17. The van der Waals surface area contributed by atoms with Gasteiger partial charge in [0.05, 0.1) is 11.6 Å². The van der Waals surface area contributed by atoms with Gasteiger partial charge < -0.3 is 15.7 Å². The molecule has 1 atom stereocenters. The number of pyridine rings is 1. The van der Waals surface area contributed by atoms with Crippen LogP contribution >= 0.6 is 15.9 Å². The molecule has 3 aromatic rings. The second kappa shape index (κ2) is 12.4. The van der Waals surface area contributed by atoms with E-state index in [1.165, 1.54) is 10.9 Å². The predicted molar refractivity (Wildman–Crippen MR) is 140 cm³/mol.